The maximum absolute atomic E-state index is 11.5. The highest BCUT2D eigenvalue weighted by molar-refractivity contribution is 5.89. The van der Waals surface area contributed by atoms with Gasteiger partial charge in [-0.05, 0) is 11.8 Å². The number of rotatable bonds is 4. The third-order valence-corrected chi connectivity index (χ3v) is 2.21. The first kappa shape index (κ1) is 13.9. The minimum atomic E-state index is -0.692. The lowest BCUT2D eigenvalue weighted by molar-refractivity contribution is -0.130. The zero-order valence-corrected chi connectivity index (χ0v) is 9.83. The van der Waals surface area contributed by atoms with E-state index >= 15 is 0 Å². The molecule has 5 N–H and O–H groups in total. The van der Waals surface area contributed by atoms with Crippen LogP contribution in [0.2, 0.25) is 0 Å². The van der Waals surface area contributed by atoms with Gasteiger partial charge >= 0.3 is 0 Å². The fourth-order valence-corrected chi connectivity index (χ4v) is 1.15. The van der Waals surface area contributed by atoms with Crippen molar-refractivity contribution in [2.75, 3.05) is 0 Å². The van der Waals surface area contributed by atoms with E-state index in [-0.39, 0.29) is 5.91 Å². The SMILES string of the molecule is CC[C@H](N)C(=O)NC(C(N)=O)C(C)(C)C. The van der Waals surface area contributed by atoms with E-state index in [4.69, 9.17) is 11.5 Å². The fourth-order valence-electron chi connectivity index (χ4n) is 1.15. The monoisotopic (exact) mass is 215 g/mol. The molecule has 0 bridgehead atoms. The van der Waals surface area contributed by atoms with E-state index in [1.54, 1.807) is 6.92 Å². The zero-order chi connectivity index (χ0) is 12.2. The molecular formula is C10H21N3O2. The Morgan fingerprint density at radius 2 is 1.80 bits per heavy atom. The van der Waals surface area contributed by atoms with E-state index in [1.807, 2.05) is 20.8 Å². The molecule has 0 aliphatic carbocycles. The first-order valence-electron chi connectivity index (χ1n) is 5.05. The lowest BCUT2D eigenvalue weighted by Gasteiger charge is -2.29. The molecule has 5 heteroatoms. The molecule has 0 aromatic carbocycles. The van der Waals surface area contributed by atoms with Gasteiger partial charge in [-0.15, -0.1) is 0 Å². The lowest BCUT2D eigenvalue weighted by atomic mass is 9.86. The van der Waals surface area contributed by atoms with E-state index in [1.165, 1.54) is 0 Å². The van der Waals surface area contributed by atoms with Gasteiger partial charge in [0.25, 0.3) is 0 Å². The Balaban J connectivity index is 4.58. The third kappa shape index (κ3) is 4.29. The first-order chi connectivity index (χ1) is 6.70. The van der Waals surface area contributed by atoms with E-state index in [0.717, 1.165) is 0 Å². The van der Waals surface area contributed by atoms with Crippen LogP contribution >= 0.6 is 0 Å². The summed E-state index contributed by atoms with van der Waals surface area (Å²) < 4.78 is 0. The highest BCUT2D eigenvalue weighted by atomic mass is 16.2. The number of carbonyl (C=O) groups is 2. The molecule has 0 rings (SSSR count). The minimum Gasteiger partial charge on any atom is -0.368 e. The molecule has 1 unspecified atom stereocenters. The van der Waals surface area contributed by atoms with Gasteiger partial charge in [-0.2, -0.15) is 0 Å². The molecule has 0 saturated carbocycles. The summed E-state index contributed by atoms with van der Waals surface area (Å²) in [5.74, 6) is -0.879. The number of amides is 2. The van der Waals surface area contributed by atoms with E-state index in [0.29, 0.717) is 6.42 Å². The van der Waals surface area contributed by atoms with E-state index in [9.17, 15) is 9.59 Å². The van der Waals surface area contributed by atoms with Crippen LogP contribution in [0.15, 0.2) is 0 Å². The molecule has 2 amide bonds. The predicted molar refractivity (Wildman–Crippen MR) is 58.8 cm³/mol. The van der Waals surface area contributed by atoms with Gasteiger partial charge < -0.3 is 16.8 Å². The van der Waals surface area contributed by atoms with Gasteiger partial charge in [-0.3, -0.25) is 9.59 Å². The Morgan fingerprint density at radius 1 is 1.33 bits per heavy atom. The highest BCUT2D eigenvalue weighted by Crippen LogP contribution is 2.18. The molecule has 2 atom stereocenters. The molecule has 0 fully saturated rings. The van der Waals surface area contributed by atoms with Crippen molar-refractivity contribution < 1.29 is 9.59 Å². The summed E-state index contributed by atoms with van der Waals surface area (Å²) in [5, 5.41) is 2.57. The number of carbonyl (C=O) groups excluding carboxylic acids is 2. The molecule has 0 aromatic rings. The Bertz CT molecular complexity index is 246. The normalized spacial score (nSPS) is 15.5. The maximum Gasteiger partial charge on any atom is 0.240 e. The van der Waals surface area contributed by atoms with Crippen molar-refractivity contribution in [2.24, 2.45) is 16.9 Å². The second-order valence-electron chi connectivity index (χ2n) is 4.72. The lowest BCUT2D eigenvalue weighted by Crippen LogP contribution is -2.55. The van der Waals surface area contributed by atoms with Gasteiger partial charge in [0, 0.05) is 0 Å². The summed E-state index contributed by atoms with van der Waals surface area (Å²) in [6.07, 6.45) is 0.529. The van der Waals surface area contributed by atoms with Crippen LogP contribution in [0.3, 0.4) is 0 Å². The van der Waals surface area contributed by atoms with Crippen molar-refractivity contribution in [3.05, 3.63) is 0 Å². The topological polar surface area (TPSA) is 98.2 Å². The third-order valence-electron chi connectivity index (χ3n) is 2.21. The summed E-state index contributed by atoms with van der Waals surface area (Å²) in [6.45, 7) is 7.31. The average Bonchev–Trinajstić information content (AvgIpc) is 2.09. The number of hydrogen-bond donors (Lipinski definition) is 3. The Labute approximate surface area is 90.6 Å². The average molecular weight is 215 g/mol. The van der Waals surface area contributed by atoms with Crippen LogP contribution in [0.25, 0.3) is 0 Å². The van der Waals surface area contributed by atoms with Crippen molar-refractivity contribution in [3.8, 4) is 0 Å². The van der Waals surface area contributed by atoms with Crippen LogP contribution < -0.4 is 16.8 Å². The van der Waals surface area contributed by atoms with E-state index < -0.39 is 23.4 Å². The van der Waals surface area contributed by atoms with Gasteiger partial charge in [-0.1, -0.05) is 27.7 Å². The number of nitrogens with two attached hydrogens (primary N) is 2. The molecule has 0 aliphatic rings. The summed E-state index contributed by atoms with van der Waals surface area (Å²) in [6, 6.07) is -1.28. The van der Waals surface area contributed by atoms with Gasteiger partial charge in [-0.25, -0.2) is 0 Å². The molecule has 0 spiro atoms. The fraction of sp³-hybridized carbons (Fsp3) is 0.800. The Hall–Kier alpha value is -1.10. The second kappa shape index (κ2) is 5.11. The van der Waals surface area contributed by atoms with Crippen molar-refractivity contribution >= 4 is 11.8 Å². The van der Waals surface area contributed by atoms with Gasteiger partial charge in [0.05, 0.1) is 6.04 Å². The highest BCUT2D eigenvalue weighted by Gasteiger charge is 2.31. The van der Waals surface area contributed by atoms with Crippen LogP contribution in [0.4, 0.5) is 0 Å². The van der Waals surface area contributed by atoms with Gasteiger partial charge in [0.2, 0.25) is 11.8 Å². The second-order valence-corrected chi connectivity index (χ2v) is 4.72. The molecule has 0 heterocycles. The van der Waals surface area contributed by atoms with Crippen LogP contribution in [-0.2, 0) is 9.59 Å². The predicted octanol–water partition coefficient (Wildman–Crippen LogP) is -0.260. The first-order valence-corrected chi connectivity index (χ1v) is 5.05. The van der Waals surface area contributed by atoms with Gasteiger partial charge in [0.15, 0.2) is 0 Å². The van der Waals surface area contributed by atoms with Crippen LogP contribution in [-0.4, -0.2) is 23.9 Å². The summed E-state index contributed by atoms with van der Waals surface area (Å²) in [4.78, 5) is 22.7. The molecule has 88 valence electrons. The van der Waals surface area contributed by atoms with Crippen LogP contribution in [0.1, 0.15) is 34.1 Å². The molecule has 5 nitrogen and oxygen atoms in total. The standard InChI is InChI=1S/C10H21N3O2/c1-5-6(11)9(15)13-7(8(12)14)10(2,3)4/h6-7H,5,11H2,1-4H3,(H2,12,14)(H,13,15)/t6-,7?/m0/s1. The molecule has 0 saturated heterocycles. The van der Waals surface area contributed by atoms with E-state index in [2.05, 4.69) is 5.32 Å². The van der Waals surface area contributed by atoms with Gasteiger partial charge in [0.1, 0.15) is 6.04 Å². The largest absolute Gasteiger partial charge is 0.368 e. The maximum atomic E-state index is 11.5. The molecular weight excluding hydrogens is 194 g/mol. The Morgan fingerprint density at radius 3 is 2.07 bits per heavy atom. The zero-order valence-electron chi connectivity index (χ0n) is 9.83. The van der Waals surface area contributed by atoms with Crippen molar-refractivity contribution in [2.45, 2.75) is 46.2 Å². The summed E-state index contributed by atoms with van der Waals surface area (Å²) >= 11 is 0. The summed E-state index contributed by atoms with van der Waals surface area (Å²) in [7, 11) is 0. The minimum absolute atomic E-state index is 0.337. The number of nitrogens with one attached hydrogen (secondary N) is 1. The molecule has 15 heavy (non-hydrogen) atoms. The number of primary amides is 1. The van der Waals surface area contributed by atoms with Crippen LogP contribution in [0.5, 0.6) is 0 Å². The van der Waals surface area contributed by atoms with Crippen molar-refractivity contribution in [1.82, 2.24) is 5.32 Å². The smallest absolute Gasteiger partial charge is 0.240 e. The molecule has 0 aromatic heterocycles. The number of hydrogen-bond acceptors (Lipinski definition) is 3. The van der Waals surface area contributed by atoms with Crippen molar-refractivity contribution in [3.63, 3.8) is 0 Å². The Kier molecular flexibility index (Phi) is 4.74. The molecule has 0 radical (unpaired) electrons. The summed E-state index contributed by atoms with van der Waals surface area (Å²) in [5.41, 5.74) is 10.4. The molecule has 0 aliphatic heterocycles. The quantitative estimate of drug-likeness (QED) is 0.602. The van der Waals surface area contributed by atoms with Crippen LogP contribution in [0, 0.1) is 5.41 Å². The van der Waals surface area contributed by atoms with Crippen molar-refractivity contribution in [1.29, 1.82) is 0 Å².